The van der Waals surface area contributed by atoms with E-state index in [1.165, 1.54) is 12.0 Å². The number of methoxy groups -OCH3 is 1. The third kappa shape index (κ3) is 3.30. The average Bonchev–Trinajstić information content (AvgIpc) is 3.06. The second-order valence-electron chi connectivity index (χ2n) is 6.00. The zero-order chi connectivity index (χ0) is 14.8. The first-order valence-corrected chi connectivity index (χ1v) is 7.63. The normalized spacial score (nSPS) is 22.0. The van der Waals surface area contributed by atoms with Crippen molar-refractivity contribution in [2.75, 3.05) is 7.11 Å². The third-order valence-electron chi connectivity index (χ3n) is 4.33. The molecule has 1 N–H and O–H groups in total. The van der Waals surface area contributed by atoms with Crippen molar-refractivity contribution in [3.63, 3.8) is 0 Å². The molecule has 1 aromatic heterocycles. The predicted molar refractivity (Wildman–Crippen MR) is 83.5 cm³/mol. The fourth-order valence-electron chi connectivity index (χ4n) is 2.69. The molecule has 1 aliphatic carbocycles. The molecule has 3 nitrogen and oxygen atoms in total. The molecular formula is C18H23NO2. The Kier molecular flexibility index (Phi) is 4.02. The van der Waals surface area contributed by atoms with Crippen molar-refractivity contribution < 1.29 is 9.15 Å². The summed E-state index contributed by atoms with van der Waals surface area (Å²) in [5, 5.41) is 3.50. The monoisotopic (exact) mass is 285 g/mol. The lowest BCUT2D eigenvalue weighted by atomic mass is 10.1. The maximum atomic E-state index is 5.92. The summed E-state index contributed by atoms with van der Waals surface area (Å²) < 4.78 is 11.2. The Hall–Kier alpha value is -1.74. The van der Waals surface area contributed by atoms with Crippen molar-refractivity contribution in [2.45, 2.75) is 38.8 Å². The topological polar surface area (TPSA) is 34.4 Å². The number of rotatable bonds is 6. The van der Waals surface area contributed by atoms with E-state index in [0.29, 0.717) is 5.92 Å². The highest BCUT2D eigenvalue weighted by molar-refractivity contribution is 5.30. The summed E-state index contributed by atoms with van der Waals surface area (Å²) >= 11 is 0. The summed E-state index contributed by atoms with van der Waals surface area (Å²) in [4.78, 5) is 0. The lowest BCUT2D eigenvalue weighted by molar-refractivity contribution is 0.411. The maximum absolute atomic E-state index is 5.92. The Morgan fingerprint density at radius 2 is 2.14 bits per heavy atom. The first-order chi connectivity index (χ1) is 10.2. The van der Waals surface area contributed by atoms with Crippen LogP contribution in [-0.4, -0.2) is 7.11 Å². The van der Waals surface area contributed by atoms with E-state index in [-0.39, 0.29) is 6.04 Å². The molecule has 0 saturated heterocycles. The fourth-order valence-corrected chi connectivity index (χ4v) is 2.69. The summed E-state index contributed by atoms with van der Waals surface area (Å²) in [5.74, 6) is 4.48. The SMILES string of the molecule is COc1cccc([C@H](C)NCc2ccc(C3CC3C)o2)c1. The smallest absolute Gasteiger partial charge is 0.119 e. The number of ether oxygens (including phenoxy) is 1. The molecule has 3 heteroatoms. The van der Waals surface area contributed by atoms with Crippen LogP contribution in [0.15, 0.2) is 40.8 Å². The Morgan fingerprint density at radius 1 is 1.33 bits per heavy atom. The van der Waals surface area contributed by atoms with Crippen LogP contribution in [0, 0.1) is 5.92 Å². The van der Waals surface area contributed by atoms with Crippen molar-refractivity contribution >= 4 is 0 Å². The molecule has 0 radical (unpaired) electrons. The Labute approximate surface area is 126 Å². The van der Waals surface area contributed by atoms with Gasteiger partial charge in [0.05, 0.1) is 13.7 Å². The van der Waals surface area contributed by atoms with Gasteiger partial charge in [0.25, 0.3) is 0 Å². The van der Waals surface area contributed by atoms with E-state index >= 15 is 0 Å². The van der Waals surface area contributed by atoms with Crippen LogP contribution in [0.1, 0.15) is 49.3 Å². The van der Waals surface area contributed by atoms with E-state index in [2.05, 4.69) is 43.4 Å². The third-order valence-corrected chi connectivity index (χ3v) is 4.33. The van der Waals surface area contributed by atoms with Gasteiger partial charge in [-0.25, -0.2) is 0 Å². The van der Waals surface area contributed by atoms with Crippen LogP contribution in [0.2, 0.25) is 0 Å². The lowest BCUT2D eigenvalue weighted by Crippen LogP contribution is -2.17. The number of hydrogen-bond acceptors (Lipinski definition) is 3. The maximum Gasteiger partial charge on any atom is 0.119 e. The van der Waals surface area contributed by atoms with Gasteiger partial charge in [-0.05, 0) is 49.1 Å². The first kappa shape index (κ1) is 14.2. The lowest BCUT2D eigenvalue weighted by Gasteiger charge is -2.14. The van der Waals surface area contributed by atoms with Gasteiger partial charge in [-0.3, -0.25) is 0 Å². The van der Waals surface area contributed by atoms with Crippen LogP contribution in [-0.2, 0) is 6.54 Å². The molecule has 1 aliphatic rings. The van der Waals surface area contributed by atoms with Crippen LogP contribution in [0.25, 0.3) is 0 Å². The molecule has 2 unspecified atom stereocenters. The van der Waals surface area contributed by atoms with Crippen LogP contribution < -0.4 is 10.1 Å². The van der Waals surface area contributed by atoms with E-state index in [1.54, 1.807) is 7.11 Å². The summed E-state index contributed by atoms with van der Waals surface area (Å²) in [6.45, 7) is 5.18. The number of nitrogens with one attached hydrogen (secondary N) is 1. The Bertz CT molecular complexity index is 605. The predicted octanol–water partition coefficient (Wildman–Crippen LogP) is 4.26. The highest BCUT2D eigenvalue weighted by Gasteiger charge is 2.36. The van der Waals surface area contributed by atoms with E-state index in [1.807, 2.05) is 12.1 Å². The van der Waals surface area contributed by atoms with Gasteiger partial charge in [0, 0.05) is 12.0 Å². The first-order valence-electron chi connectivity index (χ1n) is 7.63. The quantitative estimate of drug-likeness (QED) is 0.861. The van der Waals surface area contributed by atoms with Gasteiger partial charge in [0.2, 0.25) is 0 Å². The minimum absolute atomic E-state index is 0.258. The second kappa shape index (κ2) is 5.94. The molecule has 112 valence electrons. The highest BCUT2D eigenvalue weighted by Crippen LogP contribution is 2.47. The van der Waals surface area contributed by atoms with Crippen molar-refractivity contribution in [3.8, 4) is 5.75 Å². The molecular weight excluding hydrogens is 262 g/mol. The van der Waals surface area contributed by atoms with Crippen molar-refractivity contribution in [3.05, 3.63) is 53.5 Å². The molecule has 21 heavy (non-hydrogen) atoms. The van der Waals surface area contributed by atoms with Gasteiger partial charge in [-0.15, -0.1) is 0 Å². The average molecular weight is 285 g/mol. The molecule has 3 atom stereocenters. The Balaban J connectivity index is 1.57. The highest BCUT2D eigenvalue weighted by atomic mass is 16.5. The van der Waals surface area contributed by atoms with Gasteiger partial charge in [-0.2, -0.15) is 0 Å². The molecule has 3 rings (SSSR count). The van der Waals surface area contributed by atoms with Gasteiger partial charge in [-0.1, -0.05) is 19.1 Å². The van der Waals surface area contributed by atoms with Gasteiger partial charge < -0.3 is 14.5 Å². The largest absolute Gasteiger partial charge is 0.497 e. The van der Waals surface area contributed by atoms with Crippen molar-refractivity contribution in [2.24, 2.45) is 5.92 Å². The summed E-state index contributed by atoms with van der Waals surface area (Å²) in [5.41, 5.74) is 1.22. The summed E-state index contributed by atoms with van der Waals surface area (Å²) in [6, 6.07) is 12.6. The number of hydrogen-bond donors (Lipinski definition) is 1. The Morgan fingerprint density at radius 3 is 2.86 bits per heavy atom. The van der Waals surface area contributed by atoms with Crippen LogP contribution >= 0.6 is 0 Å². The fraction of sp³-hybridized carbons (Fsp3) is 0.444. The molecule has 0 aliphatic heterocycles. The van der Waals surface area contributed by atoms with E-state index in [9.17, 15) is 0 Å². The second-order valence-corrected chi connectivity index (χ2v) is 6.00. The minimum Gasteiger partial charge on any atom is -0.497 e. The van der Waals surface area contributed by atoms with E-state index in [4.69, 9.17) is 9.15 Å². The molecule has 2 aromatic rings. The van der Waals surface area contributed by atoms with Gasteiger partial charge in [0.15, 0.2) is 0 Å². The molecule has 1 saturated carbocycles. The van der Waals surface area contributed by atoms with E-state index in [0.717, 1.165) is 29.7 Å². The van der Waals surface area contributed by atoms with Crippen LogP contribution in [0.4, 0.5) is 0 Å². The van der Waals surface area contributed by atoms with Gasteiger partial charge >= 0.3 is 0 Å². The molecule has 0 spiro atoms. The number of benzene rings is 1. The molecule has 0 bridgehead atoms. The van der Waals surface area contributed by atoms with Crippen LogP contribution in [0.5, 0.6) is 5.75 Å². The summed E-state index contributed by atoms with van der Waals surface area (Å²) in [7, 11) is 1.69. The zero-order valence-corrected chi connectivity index (χ0v) is 12.9. The molecule has 1 fully saturated rings. The summed E-state index contributed by atoms with van der Waals surface area (Å²) in [6.07, 6.45) is 1.26. The molecule has 0 amide bonds. The van der Waals surface area contributed by atoms with Gasteiger partial charge in [0.1, 0.15) is 17.3 Å². The van der Waals surface area contributed by atoms with Crippen molar-refractivity contribution in [1.82, 2.24) is 5.32 Å². The zero-order valence-electron chi connectivity index (χ0n) is 12.9. The molecule has 1 heterocycles. The minimum atomic E-state index is 0.258. The molecule has 1 aromatic carbocycles. The standard InChI is InChI=1S/C18H23NO2/c1-12-9-17(12)18-8-7-16(21-18)11-19-13(2)14-5-4-6-15(10-14)20-3/h4-8,10,12-13,17,19H,9,11H2,1-3H3/t12?,13-,17?/m0/s1. The van der Waals surface area contributed by atoms with E-state index < -0.39 is 0 Å². The van der Waals surface area contributed by atoms with Crippen LogP contribution in [0.3, 0.4) is 0 Å². The number of furan rings is 1. The van der Waals surface area contributed by atoms with Crippen molar-refractivity contribution in [1.29, 1.82) is 0 Å².